The Hall–Kier alpha value is -2.08. The van der Waals surface area contributed by atoms with Crippen LogP contribution in [0.5, 0.6) is 0 Å². The largest absolute Gasteiger partial charge is 0.357 e. The van der Waals surface area contributed by atoms with Gasteiger partial charge in [-0.2, -0.15) is 0 Å². The lowest BCUT2D eigenvalue weighted by molar-refractivity contribution is 0.0827. The predicted molar refractivity (Wildman–Crippen MR) is 105 cm³/mol. The molecule has 0 aliphatic rings. The van der Waals surface area contributed by atoms with Gasteiger partial charge in [0.15, 0.2) is 5.96 Å². The average molecular weight is 348 g/mol. The molecule has 1 aromatic carbocycles. The molecule has 6 heteroatoms. The first-order chi connectivity index (χ1) is 11.9. The molecule has 0 aromatic heterocycles. The molecule has 0 saturated heterocycles. The zero-order valence-corrected chi connectivity index (χ0v) is 16.3. The Morgan fingerprint density at radius 3 is 2.56 bits per heavy atom. The number of rotatable bonds is 9. The van der Waals surface area contributed by atoms with Crippen molar-refractivity contribution in [3.05, 3.63) is 35.4 Å². The highest BCUT2D eigenvalue weighted by atomic mass is 16.2. The van der Waals surface area contributed by atoms with Crippen molar-refractivity contribution in [1.29, 1.82) is 0 Å². The summed E-state index contributed by atoms with van der Waals surface area (Å²) in [6.45, 7) is 5.52. The highest BCUT2D eigenvalue weighted by Gasteiger charge is 2.08. The van der Waals surface area contributed by atoms with E-state index in [0.717, 1.165) is 56.1 Å². The van der Waals surface area contributed by atoms with Crippen LogP contribution in [0, 0.1) is 0 Å². The lowest BCUT2D eigenvalue weighted by atomic mass is 10.1. The van der Waals surface area contributed by atoms with E-state index >= 15 is 0 Å². The van der Waals surface area contributed by atoms with Crippen molar-refractivity contribution in [1.82, 2.24) is 20.4 Å². The highest BCUT2D eigenvalue weighted by molar-refractivity contribution is 5.94. The number of guanidine groups is 1. The van der Waals surface area contributed by atoms with E-state index in [4.69, 9.17) is 0 Å². The van der Waals surface area contributed by atoms with Gasteiger partial charge in [-0.3, -0.25) is 9.79 Å². The van der Waals surface area contributed by atoms with Crippen LogP contribution in [-0.4, -0.2) is 76.0 Å². The lowest BCUT2D eigenvalue weighted by Crippen LogP contribution is -2.38. The molecule has 25 heavy (non-hydrogen) atoms. The Labute approximate surface area is 152 Å². The smallest absolute Gasteiger partial charge is 0.253 e. The van der Waals surface area contributed by atoms with Crippen molar-refractivity contribution < 1.29 is 4.79 Å². The van der Waals surface area contributed by atoms with E-state index in [1.165, 1.54) is 0 Å². The van der Waals surface area contributed by atoms with Gasteiger partial charge in [0.05, 0.1) is 0 Å². The van der Waals surface area contributed by atoms with E-state index in [-0.39, 0.29) is 5.91 Å². The summed E-state index contributed by atoms with van der Waals surface area (Å²) in [7, 11) is 7.68. The number of carbonyl (C=O) groups is 1. The Kier molecular flexibility index (Phi) is 9.62. The molecule has 0 heterocycles. The lowest BCUT2D eigenvalue weighted by Gasteiger charge is -2.13. The number of hydrogen-bond acceptors (Lipinski definition) is 3. The molecule has 140 valence electrons. The van der Waals surface area contributed by atoms with Gasteiger partial charge in [0.25, 0.3) is 5.91 Å². The first-order valence-corrected chi connectivity index (χ1v) is 8.91. The second kappa shape index (κ2) is 11.5. The molecule has 0 atom stereocenters. The molecule has 0 spiro atoms. The first kappa shape index (κ1) is 21.0. The van der Waals surface area contributed by atoms with Crippen LogP contribution in [0.1, 0.15) is 29.3 Å². The summed E-state index contributed by atoms with van der Waals surface area (Å²) in [5, 5.41) is 6.62. The van der Waals surface area contributed by atoms with Gasteiger partial charge in [-0.25, -0.2) is 0 Å². The molecule has 0 bridgehead atoms. The molecule has 0 aliphatic heterocycles. The van der Waals surface area contributed by atoms with Crippen molar-refractivity contribution in [2.75, 3.05) is 54.4 Å². The fourth-order valence-electron chi connectivity index (χ4n) is 2.36. The fraction of sp³-hybridized carbons (Fsp3) is 0.579. The minimum absolute atomic E-state index is 0.0330. The Morgan fingerprint density at radius 2 is 1.92 bits per heavy atom. The second-order valence-electron chi connectivity index (χ2n) is 6.49. The van der Waals surface area contributed by atoms with Crippen LogP contribution in [0.2, 0.25) is 0 Å². The summed E-state index contributed by atoms with van der Waals surface area (Å²) in [6.07, 6.45) is 1.88. The average Bonchev–Trinajstić information content (AvgIpc) is 2.58. The van der Waals surface area contributed by atoms with E-state index in [1.54, 1.807) is 19.0 Å². The molecule has 1 aromatic rings. The van der Waals surface area contributed by atoms with Crippen molar-refractivity contribution in [2.45, 2.75) is 19.8 Å². The maximum Gasteiger partial charge on any atom is 0.253 e. The van der Waals surface area contributed by atoms with Gasteiger partial charge in [0.1, 0.15) is 0 Å². The SMILES string of the molecule is CCNC(=NCCCN(C)C)NCCc1cccc(C(=O)N(C)C)c1. The van der Waals surface area contributed by atoms with Crippen molar-refractivity contribution in [3.8, 4) is 0 Å². The van der Waals surface area contributed by atoms with Gasteiger partial charge in [0, 0.05) is 39.3 Å². The van der Waals surface area contributed by atoms with Crippen molar-refractivity contribution in [3.63, 3.8) is 0 Å². The molecule has 0 aliphatic carbocycles. The number of aliphatic imine (C=N–C) groups is 1. The highest BCUT2D eigenvalue weighted by Crippen LogP contribution is 2.07. The number of nitrogens with zero attached hydrogens (tertiary/aromatic N) is 3. The molecular weight excluding hydrogens is 314 g/mol. The first-order valence-electron chi connectivity index (χ1n) is 8.91. The Balaban J connectivity index is 2.51. The number of amides is 1. The van der Waals surface area contributed by atoms with E-state index in [0.29, 0.717) is 0 Å². The van der Waals surface area contributed by atoms with Crippen molar-refractivity contribution in [2.24, 2.45) is 4.99 Å². The summed E-state index contributed by atoms with van der Waals surface area (Å²) >= 11 is 0. The van der Waals surface area contributed by atoms with E-state index in [2.05, 4.69) is 47.6 Å². The van der Waals surface area contributed by atoms with Crippen LogP contribution < -0.4 is 10.6 Å². The van der Waals surface area contributed by atoms with Crippen LogP contribution in [0.25, 0.3) is 0 Å². The molecule has 6 nitrogen and oxygen atoms in total. The normalized spacial score (nSPS) is 11.5. The van der Waals surface area contributed by atoms with Crippen molar-refractivity contribution >= 4 is 11.9 Å². The van der Waals surface area contributed by atoms with Gasteiger partial charge in [-0.15, -0.1) is 0 Å². The summed E-state index contributed by atoms with van der Waals surface area (Å²) in [6, 6.07) is 7.81. The van der Waals surface area contributed by atoms with Crippen LogP contribution in [-0.2, 0) is 6.42 Å². The second-order valence-corrected chi connectivity index (χ2v) is 6.49. The molecule has 0 unspecified atom stereocenters. The zero-order valence-electron chi connectivity index (χ0n) is 16.3. The third-order valence-corrected chi connectivity index (χ3v) is 3.66. The number of hydrogen-bond donors (Lipinski definition) is 2. The minimum atomic E-state index is 0.0330. The van der Waals surface area contributed by atoms with Crippen LogP contribution >= 0.6 is 0 Å². The maximum atomic E-state index is 12.0. The summed E-state index contributed by atoms with van der Waals surface area (Å²) < 4.78 is 0. The van der Waals surface area contributed by atoms with Gasteiger partial charge in [-0.1, -0.05) is 12.1 Å². The van der Waals surface area contributed by atoms with Gasteiger partial charge >= 0.3 is 0 Å². The Morgan fingerprint density at radius 1 is 1.16 bits per heavy atom. The topological polar surface area (TPSA) is 60.0 Å². The standard InChI is InChI=1S/C19H33N5O/c1-6-20-19(21-12-8-14-23(2)3)22-13-11-16-9-7-10-17(15-16)18(25)24(4)5/h7,9-10,15H,6,8,11-14H2,1-5H3,(H2,20,21,22). The monoisotopic (exact) mass is 347 g/mol. The van der Waals surface area contributed by atoms with E-state index in [9.17, 15) is 4.79 Å². The molecular formula is C19H33N5O. The van der Waals surface area contributed by atoms with Crippen LogP contribution in [0.15, 0.2) is 29.3 Å². The third kappa shape index (κ3) is 8.54. The third-order valence-electron chi connectivity index (χ3n) is 3.66. The molecule has 1 amide bonds. The fourth-order valence-corrected chi connectivity index (χ4v) is 2.36. The minimum Gasteiger partial charge on any atom is -0.357 e. The molecule has 0 radical (unpaired) electrons. The summed E-state index contributed by atoms with van der Waals surface area (Å²) in [5.74, 6) is 0.882. The number of carbonyl (C=O) groups excluding carboxylic acids is 1. The van der Waals surface area contributed by atoms with E-state index < -0.39 is 0 Å². The van der Waals surface area contributed by atoms with Gasteiger partial charge in [-0.05, 0) is 58.1 Å². The molecule has 1 rings (SSSR count). The number of benzene rings is 1. The van der Waals surface area contributed by atoms with Crippen LogP contribution in [0.4, 0.5) is 0 Å². The van der Waals surface area contributed by atoms with Gasteiger partial charge in [0.2, 0.25) is 0 Å². The predicted octanol–water partition coefficient (Wildman–Crippen LogP) is 1.44. The van der Waals surface area contributed by atoms with Gasteiger partial charge < -0.3 is 20.4 Å². The zero-order chi connectivity index (χ0) is 18.7. The molecule has 0 saturated carbocycles. The summed E-state index contributed by atoms with van der Waals surface area (Å²) in [4.78, 5) is 20.4. The molecule has 2 N–H and O–H groups in total. The Bertz CT molecular complexity index is 555. The molecule has 0 fully saturated rings. The quantitative estimate of drug-likeness (QED) is 0.403. The maximum absolute atomic E-state index is 12.0. The summed E-state index contributed by atoms with van der Waals surface area (Å²) in [5.41, 5.74) is 1.87. The number of nitrogens with one attached hydrogen (secondary N) is 2. The van der Waals surface area contributed by atoms with E-state index in [1.807, 2.05) is 18.2 Å². The van der Waals surface area contributed by atoms with Crippen LogP contribution in [0.3, 0.4) is 0 Å².